The Morgan fingerprint density at radius 2 is 1.84 bits per heavy atom. The molecule has 2 aromatic rings. The molecule has 0 fully saturated rings. The Morgan fingerprint density at radius 1 is 1.16 bits per heavy atom. The van der Waals surface area contributed by atoms with E-state index in [0.717, 1.165) is 21.8 Å². The first-order chi connectivity index (χ1) is 11.9. The second-order valence-electron chi connectivity index (χ2n) is 5.59. The summed E-state index contributed by atoms with van der Waals surface area (Å²) in [6.07, 6.45) is 0. The van der Waals surface area contributed by atoms with Crippen LogP contribution >= 0.6 is 11.8 Å². The Balaban J connectivity index is 2.02. The van der Waals surface area contributed by atoms with Crippen LogP contribution in [-0.4, -0.2) is 29.8 Å². The number of hydrogen-bond donors (Lipinski definition) is 2. The minimum absolute atomic E-state index is 0.140. The van der Waals surface area contributed by atoms with Gasteiger partial charge < -0.3 is 15.2 Å². The van der Waals surface area contributed by atoms with Crippen molar-refractivity contribution in [2.24, 2.45) is 0 Å². The van der Waals surface area contributed by atoms with E-state index >= 15 is 0 Å². The van der Waals surface area contributed by atoms with E-state index in [9.17, 15) is 14.7 Å². The predicted octanol–water partition coefficient (Wildman–Crippen LogP) is 3.35. The van der Waals surface area contributed by atoms with E-state index in [1.54, 1.807) is 19.2 Å². The van der Waals surface area contributed by atoms with Gasteiger partial charge in [-0.25, -0.2) is 4.79 Å². The summed E-state index contributed by atoms with van der Waals surface area (Å²) in [5, 5.41) is 12.1. The topological polar surface area (TPSA) is 75.6 Å². The first kappa shape index (κ1) is 18.9. The third-order valence-corrected chi connectivity index (χ3v) is 4.95. The predicted molar refractivity (Wildman–Crippen MR) is 98.2 cm³/mol. The van der Waals surface area contributed by atoms with E-state index in [1.165, 1.54) is 11.8 Å². The lowest BCUT2D eigenvalue weighted by atomic mass is 9.97. The number of carbonyl (C=O) groups is 2. The lowest BCUT2D eigenvalue weighted by Crippen LogP contribution is -2.35. The molecule has 0 saturated heterocycles. The second-order valence-corrected chi connectivity index (χ2v) is 6.64. The molecule has 132 valence electrons. The van der Waals surface area contributed by atoms with Crippen LogP contribution in [0.3, 0.4) is 0 Å². The number of methoxy groups -OCH3 is 1. The number of aliphatic carboxylic acids is 1. The molecular formula is C19H21NO4S. The molecule has 0 saturated carbocycles. The average molecular weight is 359 g/mol. The fourth-order valence-corrected chi connectivity index (χ4v) is 3.09. The number of amides is 1. The highest BCUT2D eigenvalue weighted by molar-refractivity contribution is 8.00. The van der Waals surface area contributed by atoms with Crippen molar-refractivity contribution < 1.29 is 19.4 Å². The summed E-state index contributed by atoms with van der Waals surface area (Å²) < 4.78 is 5.09. The average Bonchev–Trinajstić information content (AvgIpc) is 2.61. The molecule has 0 radical (unpaired) electrons. The fraction of sp³-hybridized carbons (Fsp3) is 0.263. The Kier molecular flexibility index (Phi) is 6.47. The van der Waals surface area contributed by atoms with Crippen LogP contribution in [0.25, 0.3) is 0 Å². The largest absolute Gasteiger partial charge is 0.497 e. The lowest BCUT2D eigenvalue weighted by Gasteiger charge is -2.18. The van der Waals surface area contributed by atoms with Crippen molar-refractivity contribution in [2.75, 3.05) is 12.9 Å². The van der Waals surface area contributed by atoms with Crippen molar-refractivity contribution in [3.8, 4) is 5.75 Å². The van der Waals surface area contributed by atoms with Crippen LogP contribution in [0.2, 0.25) is 0 Å². The number of aryl methyl sites for hydroxylation is 1. The van der Waals surface area contributed by atoms with Crippen LogP contribution in [0.1, 0.15) is 22.7 Å². The molecule has 25 heavy (non-hydrogen) atoms. The molecule has 1 atom stereocenters. The summed E-state index contributed by atoms with van der Waals surface area (Å²) in [6, 6.07) is 11.7. The van der Waals surface area contributed by atoms with Crippen molar-refractivity contribution in [1.29, 1.82) is 0 Å². The number of carbonyl (C=O) groups excluding carboxylic acids is 1. The molecule has 2 aromatic carbocycles. The maximum Gasteiger partial charge on any atom is 0.330 e. The van der Waals surface area contributed by atoms with Crippen molar-refractivity contribution in [3.05, 3.63) is 59.2 Å². The molecule has 2 N–H and O–H groups in total. The fourth-order valence-electron chi connectivity index (χ4n) is 2.38. The van der Waals surface area contributed by atoms with Gasteiger partial charge >= 0.3 is 5.97 Å². The van der Waals surface area contributed by atoms with Gasteiger partial charge in [-0.1, -0.05) is 18.2 Å². The molecule has 0 heterocycles. The SMILES string of the molecule is COc1ccc(SCC(=O)NC(C(=O)O)c2cccc(C)c2C)cc1. The molecular weight excluding hydrogens is 338 g/mol. The minimum atomic E-state index is -1.07. The lowest BCUT2D eigenvalue weighted by molar-refractivity contribution is -0.141. The van der Waals surface area contributed by atoms with Crippen LogP contribution in [0, 0.1) is 13.8 Å². The third kappa shape index (κ3) is 5.00. The van der Waals surface area contributed by atoms with Gasteiger partial charge in [0.15, 0.2) is 6.04 Å². The van der Waals surface area contributed by atoms with Crippen LogP contribution in [0.5, 0.6) is 5.75 Å². The summed E-state index contributed by atoms with van der Waals surface area (Å²) in [5.41, 5.74) is 2.47. The molecule has 0 bridgehead atoms. The number of carboxylic acids is 1. The Morgan fingerprint density at radius 3 is 2.44 bits per heavy atom. The molecule has 2 rings (SSSR count). The summed E-state index contributed by atoms with van der Waals surface area (Å²) in [7, 11) is 1.59. The first-order valence-electron chi connectivity index (χ1n) is 7.77. The van der Waals surface area contributed by atoms with Gasteiger partial charge in [-0.3, -0.25) is 4.79 Å². The molecule has 6 heteroatoms. The van der Waals surface area contributed by atoms with Gasteiger partial charge in [0.1, 0.15) is 5.75 Å². The van der Waals surface area contributed by atoms with E-state index < -0.39 is 12.0 Å². The number of hydrogen-bond acceptors (Lipinski definition) is 4. The zero-order valence-corrected chi connectivity index (χ0v) is 15.2. The number of benzene rings is 2. The molecule has 5 nitrogen and oxygen atoms in total. The molecule has 0 aromatic heterocycles. The highest BCUT2D eigenvalue weighted by Gasteiger charge is 2.24. The van der Waals surface area contributed by atoms with Crippen LogP contribution in [-0.2, 0) is 9.59 Å². The summed E-state index contributed by atoms with van der Waals surface area (Å²) in [4.78, 5) is 24.7. The van der Waals surface area contributed by atoms with Gasteiger partial charge in [0.2, 0.25) is 5.91 Å². The van der Waals surface area contributed by atoms with E-state index in [1.807, 2.05) is 44.2 Å². The van der Waals surface area contributed by atoms with Gasteiger partial charge in [-0.05, 0) is 54.8 Å². The molecule has 0 aliphatic carbocycles. The molecule has 0 aliphatic heterocycles. The van der Waals surface area contributed by atoms with Crippen LogP contribution in [0.4, 0.5) is 0 Å². The highest BCUT2D eigenvalue weighted by atomic mass is 32.2. The van der Waals surface area contributed by atoms with Crippen molar-refractivity contribution in [1.82, 2.24) is 5.32 Å². The molecule has 0 aliphatic rings. The van der Waals surface area contributed by atoms with Gasteiger partial charge in [-0.15, -0.1) is 11.8 Å². The van der Waals surface area contributed by atoms with Gasteiger partial charge in [0.05, 0.1) is 12.9 Å². The number of carboxylic acid groups (broad SMARTS) is 1. The Labute approximate surface area is 151 Å². The minimum Gasteiger partial charge on any atom is -0.497 e. The van der Waals surface area contributed by atoms with E-state index in [2.05, 4.69) is 5.32 Å². The summed E-state index contributed by atoms with van der Waals surface area (Å²) in [6.45, 7) is 3.78. The third-order valence-electron chi connectivity index (χ3n) is 3.94. The Hall–Kier alpha value is -2.47. The Bertz CT molecular complexity index is 759. The molecule has 1 unspecified atom stereocenters. The number of nitrogens with one attached hydrogen (secondary N) is 1. The highest BCUT2D eigenvalue weighted by Crippen LogP contribution is 2.23. The van der Waals surface area contributed by atoms with E-state index in [-0.39, 0.29) is 11.7 Å². The maximum absolute atomic E-state index is 12.2. The molecule has 0 spiro atoms. The van der Waals surface area contributed by atoms with Crippen molar-refractivity contribution in [3.63, 3.8) is 0 Å². The van der Waals surface area contributed by atoms with Crippen LogP contribution < -0.4 is 10.1 Å². The normalized spacial score (nSPS) is 11.6. The van der Waals surface area contributed by atoms with Crippen LogP contribution in [0.15, 0.2) is 47.4 Å². The monoisotopic (exact) mass is 359 g/mol. The van der Waals surface area contributed by atoms with E-state index in [0.29, 0.717) is 5.56 Å². The summed E-state index contributed by atoms with van der Waals surface area (Å²) in [5.74, 6) is -0.513. The van der Waals surface area contributed by atoms with Gasteiger partial charge in [0, 0.05) is 4.90 Å². The smallest absolute Gasteiger partial charge is 0.330 e. The van der Waals surface area contributed by atoms with Gasteiger partial charge in [-0.2, -0.15) is 0 Å². The first-order valence-corrected chi connectivity index (χ1v) is 8.76. The number of thioether (sulfide) groups is 1. The number of rotatable bonds is 7. The standard InChI is InChI=1S/C19H21NO4S/c1-12-5-4-6-16(13(12)2)18(19(22)23)20-17(21)11-25-15-9-7-14(24-3)8-10-15/h4-10,18H,11H2,1-3H3,(H,20,21)(H,22,23). The van der Waals surface area contributed by atoms with Gasteiger partial charge in [0.25, 0.3) is 0 Å². The maximum atomic E-state index is 12.2. The molecule has 1 amide bonds. The van der Waals surface area contributed by atoms with E-state index in [4.69, 9.17) is 4.74 Å². The van der Waals surface area contributed by atoms with Crippen molar-refractivity contribution >= 4 is 23.6 Å². The van der Waals surface area contributed by atoms with Crippen molar-refractivity contribution in [2.45, 2.75) is 24.8 Å². The second kappa shape index (κ2) is 8.58. The zero-order valence-electron chi connectivity index (χ0n) is 14.4. The summed E-state index contributed by atoms with van der Waals surface area (Å²) >= 11 is 1.34. The quantitative estimate of drug-likeness (QED) is 0.742. The number of ether oxygens (including phenoxy) is 1. The zero-order chi connectivity index (χ0) is 18.4.